The van der Waals surface area contributed by atoms with E-state index in [9.17, 15) is 4.57 Å². The Kier molecular flexibility index (Phi) is 4.22. The standard InChI is InChI=1S/C16H22NOPS/c1-16(2,3)14-10-17-15(20-14)13-8-6-7-12(9-13)11-19(4,5)18/h6-10H,11H2,1-5H3. The van der Waals surface area contributed by atoms with Crippen LogP contribution in [0.1, 0.15) is 31.2 Å². The summed E-state index contributed by atoms with van der Waals surface area (Å²) < 4.78 is 12.0. The van der Waals surface area contributed by atoms with Gasteiger partial charge in [-0.15, -0.1) is 11.3 Å². The van der Waals surface area contributed by atoms with Gasteiger partial charge in [-0.25, -0.2) is 4.98 Å². The normalized spacial score (nSPS) is 12.7. The highest BCUT2D eigenvalue weighted by Gasteiger charge is 2.18. The molecule has 2 rings (SSSR count). The molecule has 0 amide bonds. The van der Waals surface area contributed by atoms with Gasteiger partial charge in [0.25, 0.3) is 0 Å². The lowest BCUT2D eigenvalue weighted by atomic mass is 9.96. The van der Waals surface area contributed by atoms with E-state index < -0.39 is 7.14 Å². The van der Waals surface area contributed by atoms with Gasteiger partial charge in [0.2, 0.25) is 0 Å². The van der Waals surface area contributed by atoms with E-state index in [4.69, 9.17) is 0 Å². The third-order valence-electron chi connectivity index (χ3n) is 2.98. The summed E-state index contributed by atoms with van der Waals surface area (Å²) in [5.41, 5.74) is 2.38. The average molecular weight is 307 g/mol. The van der Waals surface area contributed by atoms with Crippen molar-refractivity contribution in [1.29, 1.82) is 0 Å². The van der Waals surface area contributed by atoms with E-state index in [1.807, 2.05) is 31.7 Å². The van der Waals surface area contributed by atoms with E-state index in [2.05, 4.69) is 37.9 Å². The van der Waals surface area contributed by atoms with Gasteiger partial charge in [-0.05, 0) is 30.4 Å². The number of nitrogens with zero attached hydrogens (tertiary/aromatic N) is 1. The zero-order valence-corrected chi connectivity index (χ0v) is 14.5. The summed E-state index contributed by atoms with van der Waals surface area (Å²) >= 11 is 1.74. The minimum atomic E-state index is -2.04. The fourth-order valence-electron chi connectivity index (χ4n) is 2.00. The first-order valence-electron chi connectivity index (χ1n) is 6.75. The number of aromatic nitrogens is 1. The van der Waals surface area contributed by atoms with Crippen LogP contribution in [-0.2, 0) is 16.1 Å². The van der Waals surface area contributed by atoms with E-state index in [1.165, 1.54) is 4.88 Å². The average Bonchev–Trinajstić information content (AvgIpc) is 2.75. The summed E-state index contributed by atoms with van der Waals surface area (Å²) in [6.07, 6.45) is 2.62. The molecule has 1 heterocycles. The van der Waals surface area contributed by atoms with Crippen molar-refractivity contribution in [3.8, 4) is 10.6 Å². The maximum Gasteiger partial charge on any atom is 0.123 e. The Bertz CT molecular complexity index is 648. The van der Waals surface area contributed by atoms with Crippen LogP contribution in [0.15, 0.2) is 30.5 Å². The van der Waals surface area contributed by atoms with Crippen LogP contribution < -0.4 is 0 Å². The molecule has 0 saturated heterocycles. The molecule has 0 radical (unpaired) electrons. The summed E-state index contributed by atoms with van der Waals surface area (Å²) in [6, 6.07) is 8.26. The topological polar surface area (TPSA) is 30.0 Å². The van der Waals surface area contributed by atoms with Gasteiger partial charge in [0.1, 0.15) is 5.01 Å². The number of benzene rings is 1. The molecule has 1 aromatic carbocycles. The number of hydrogen-bond acceptors (Lipinski definition) is 3. The molecule has 0 aliphatic carbocycles. The Morgan fingerprint density at radius 3 is 2.50 bits per heavy atom. The molecule has 108 valence electrons. The molecule has 0 aliphatic heterocycles. The van der Waals surface area contributed by atoms with Crippen molar-refractivity contribution < 1.29 is 4.57 Å². The number of rotatable bonds is 3. The predicted octanol–water partition coefficient (Wildman–Crippen LogP) is 5.23. The molecular formula is C16H22NOPS. The highest BCUT2D eigenvalue weighted by atomic mass is 32.1. The predicted molar refractivity (Wildman–Crippen MR) is 89.4 cm³/mol. The molecule has 0 aliphatic rings. The monoisotopic (exact) mass is 307 g/mol. The van der Waals surface area contributed by atoms with Crippen LogP contribution >= 0.6 is 18.5 Å². The third kappa shape index (κ3) is 4.04. The number of thiazole rings is 1. The fourth-order valence-corrected chi connectivity index (χ4v) is 4.04. The van der Waals surface area contributed by atoms with Gasteiger partial charge in [-0.2, -0.15) is 0 Å². The minimum Gasteiger partial charge on any atom is -0.324 e. The van der Waals surface area contributed by atoms with Crippen molar-refractivity contribution in [2.24, 2.45) is 0 Å². The molecule has 0 saturated carbocycles. The van der Waals surface area contributed by atoms with Gasteiger partial charge in [0.05, 0.1) is 7.14 Å². The molecule has 2 nitrogen and oxygen atoms in total. The van der Waals surface area contributed by atoms with E-state index in [0.29, 0.717) is 6.16 Å². The van der Waals surface area contributed by atoms with E-state index >= 15 is 0 Å². The van der Waals surface area contributed by atoms with Crippen molar-refractivity contribution >= 4 is 18.5 Å². The molecule has 0 bridgehead atoms. The van der Waals surface area contributed by atoms with Gasteiger partial charge in [0, 0.05) is 22.8 Å². The fraction of sp³-hybridized carbons (Fsp3) is 0.438. The van der Waals surface area contributed by atoms with Crippen molar-refractivity contribution in [2.75, 3.05) is 13.3 Å². The lowest BCUT2D eigenvalue weighted by Crippen LogP contribution is -2.07. The molecule has 2 aromatic rings. The second-order valence-electron chi connectivity index (χ2n) is 6.71. The molecule has 20 heavy (non-hydrogen) atoms. The first-order valence-corrected chi connectivity index (χ1v) is 10.3. The van der Waals surface area contributed by atoms with Crippen LogP contribution in [-0.4, -0.2) is 18.3 Å². The zero-order valence-electron chi connectivity index (χ0n) is 12.8. The zero-order chi connectivity index (χ0) is 15.0. The van der Waals surface area contributed by atoms with Gasteiger partial charge in [-0.3, -0.25) is 0 Å². The van der Waals surface area contributed by atoms with Crippen molar-refractivity contribution in [2.45, 2.75) is 32.3 Å². The van der Waals surface area contributed by atoms with E-state index in [1.54, 1.807) is 11.3 Å². The largest absolute Gasteiger partial charge is 0.324 e. The molecule has 4 heteroatoms. The van der Waals surface area contributed by atoms with Crippen molar-refractivity contribution in [3.05, 3.63) is 40.9 Å². The van der Waals surface area contributed by atoms with E-state index in [0.717, 1.165) is 16.1 Å². The minimum absolute atomic E-state index is 0.135. The Morgan fingerprint density at radius 1 is 1.25 bits per heavy atom. The second-order valence-corrected chi connectivity index (χ2v) is 11.2. The summed E-state index contributed by atoms with van der Waals surface area (Å²) in [5, 5.41) is 1.04. The highest BCUT2D eigenvalue weighted by molar-refractivity contribution is 7.61. The maximum absolute atomic E-state index is 12.0. The Labute approximate surface area is 125 Å². The Morgan fingerprint density at radius 2 is 1.95 bits per heavy atom. The van der Waals surface area contributed by atoms with Crippen molar-refractivity contribution in [3.63, 3.8) is 0 Å². The van der Waals surface area contributed by atoms with Gasteiger partial charge in [-0.1, -0.05) is 39.0 Å². The molecule has 1 aromatic heterocycles. The van der Waals surface area contributed by atoms with Gasteiger partial charge >= 0.3 is 0 Å². The smallest absolute Gasteiger partial charge is 0.123 e. The lowest BCUT2D eigenvalue weighted by Gasteiger charge is -2.14. The molecule has 0 spiro atoms. The first kappa shape index (κ1) is 15.5. The summed E-state index contributed by atoms with van der Waals surface area (Å²) in [7, 11) is -2.04. The van der Waals surface area contributed by atoms with E-state index in [-0.39, 0.29) is 5.41 Å². The molecule has 0 fully saturated rings. The summed E-state index contributed by atoms with van der Waals surface area (Å²) in [5.74, 6) is 0. The Balaban J connectivity index is 2.32. The van der Waals surface area contributed by atoms with Crippen LogP contribution in [0.3, 0.4) is 0 Å². The van der Waals surface area contributed by atoms with Crippen molar-refractivity contribution in [1.82, 2.24) is 4.98 Å². The Hall–Kier alpha value is -0.920. The van der Waals surface area contributed by atoms with Crippen LogP contribution in [0.4, 0.5) is 0 Å². The van der Waals surface area contributed by atoms with Crippen LogP contribution in [0.5, 0.6) is 0 Å². The first-order chi connectivity index (χ1) is 9.15. The maximum atomic E-state index is 12.0. The summed E-state index contributed by atoms with van der Waals surface area (Å²) in [4.78, 5) is 5.83. The highest BCUT2D eigenvalue weighted by Crippen LogP contribution is 2.41. The molecular weight excluding hydrogens is 285 g/mol. The third-order valence-corrected chi connectivity index (χ3v) is 5.58. The lowest BCUT2D eigenvalue weighted by molar-refractivity contribution is 0.582. The molecule has 0 unspecified atom stereocenters. The summed E-state index contributed by atoms with van der Waals surface area (Å²) in [6.45, 7) is 10.3. The second kappa shape index (κ2) is 5.46. The quantitative estimate of drug-likeness (QED) is 0.727. The van der Waals surface area contributed by atoms with Crippen LogP contribution in [0.25, 0.3) is 10.6 Å². The van der Waals surface area contributed by atoms with Crippen LogP contribution in [0, 0.1) is 0 Å². The van der Waals surface area contributed by atoms with Gasteiger partial charge < -0.3 is 4.57 Å². The van der Waals surface area contributed by atoms with Crippen LogP contribution in [0.2, 0.25) is 0 Å². The SMILES string of the molecule is CC(C)(C)c1cnc(-c2cccc(CP(C)(C)=O)c2)s1. The number of hydrogen-bond donors (Lipinski definition) is 0. The molecule has 0 atom stereocenters. The van der Waals surface area contributed by atoms with Gasteiger partial charge in [0.15, 0.2) is 0 Å². The molecule has 0 N–H and O–H groups in total.